The van der Waals surface area contributed by atoms with Crippen LogP contribution in [0.3, 0.4) is 0 Å². The molecule has 5 nitrogen and oxygen atoms in total. The Morgan fingerprint density at radius 2 is 1.83 bits per heavy atom. The van der Waals surface area contributed by atoms with Crippen molar-refractivity contribution in [2.75, 3.05) is 14.1 Å². The van der Waals surface area contributed by atoms with Crippen LogP contribution in [0.2, 0.25) is 0 Å². The van der Waals surface area contributed by atoms with Crippen LogP contribution < -0.4 is 0 Å². The van der Waals surface area contributed by atoms with Gasteiger partial charge in [-0.2, -0.15) is 0 Å². The monoisotopic (exact) mass is 378 g/mol. The van der Waals surface area contributed by atoms with E-state index in [4.69, 9.17) is 4.42 Å². The second-order valence-electron chi connectivity index (χ2n) is 3.80. The molecule has 0 N–H and O–H groups in total. The van der Waals surface area contributed by atoms with E-state index in [9.17, 15) is 8.42 Å². The lowest BCUT2D eigenvalue weighted by Crippen LogP contribution is -2.22. The summed E-state index contributed by atoms with van der Waals surface area (Å²) < 4.78 is 30.6. The number of hydrogen-bond acceptors (Lipinski definition) is 4. The van der Waals surface area contributed by atoms with Gasteiger partial charge in [0.05, 0.1) is 4.90 Å². The molecule has 0 saturated carbocycles. The molecule has 1 aromatic carbocycles. The van der Waals surface area contributed by atoms with Crippen molar-refractivity contribution in [1.29, 1.82) is 0 Å². The Hall–Kier alpha value is -0.930. The SMILES string of the molecule is CN(C)S(=O)(=O)c1ccc(-c2coc(I)n2)cc1. The third-order valence-electron chi connectivity index (χ3n) is 2.40. The van der Waals surface area contributed by atoms with Gasteiger partial charge in [-0.3, -0.25) is 0 Å². The van der Waals surface area contributed by atoms with Gasteiger partial charge in [-0.1, -0.05) is 12.1 Å². The van der Waals surface area contributed by atoms with Gasteiger partial charge in [0, 0.05) is 42.2 Å². The fourth-order valence-electron chi connectivity index (χ4n) is 1.39. The van der Waals surface area contributed by atoms with Gasteiger partial charge in [0.15, 0.2) is 0 Å². The van der Waals surface area contributed by atoms with Crippen molar-refractivity contribution >= 4 is 32.6 Å². The van der Waals surface area contributed by atoms with E-state index in [0.29, 0.717) is 9.59 Å². The molecule has 0 saturated heterocycles. The van der Waals surface area contributed by atoms with Crippen LogP contribution >= 0.6 is 22.6 Å². The minimum Gasteiger partial charge on any atom is -0.440 e. The second kappa shape index (κ2) is 4.98. The van der Waals surface area contributed by atoms with Gasteiger partial charge in [-0.25, -0.2) is 17.7 Å². The summed E-state index contributed by atoms with van der Waals surface area (Å²) in [6.07, 6.45) is 1.54. The molecular weight excluding hydrogens is 367 g/mol. The van der Waals surface area contributed by atoms with E-state index < -0.39 is 10.0 Å². The molecule has 96 valence electrons. The quantitative estimate of drug-likeness (QED) is 0.769. The molecule has 2 rings (SSSR count). The summed E-state index contributed by atoms with van der Waals surface area (Å²) in [5.41, 5.74) is 1.51. The van der Waals surface area contributed by atoms with Gasteiger partial charge in [0.1, 0.15) is 12.0 Å². The molecule has 0 aliphatic carbocycles. The second-order valence-corrected chi connectivity index (χ2v) is 6.87. The first-order chi connectivity index (χ1) is 8.41. The molecule has 0 fully saturated rings. The maximum Gasteiger partial charge on any atom is 0.257 e. The van der Waals surface area contributed by atoms with E-state index in [1.54, 1.807) is 24.3 Å². The van der Waals surface area contributed by atoms with Crippen molar-refractivity contribution < 1.29 is 12.8 Å². The first kappa shape index (κ1) is 13.5. The highest BCUT2D eigenvalue weighted by atomic mass is 127. The Bertz CT molecular complexity index is 647. The summed E-state index contributed by atoms with van der Waals surface area (Å²) in [7, 11) is -0.376. The van der Waals surface area contributed by atoms with E-state index >= 15 is 0 Å². The Balaban J connectivity index is 2.37. The lowest BCUT2D eigenvalue weighted by atomic mass is 10.2. The topological polar surface area (TPSA) is 63.4 Å². The molecule has 1 aromatic heterocycles. The summed E-state index contributed by atoms with van der Waals surface area (Å²) in [6, 6.07) is 6.55. The number of halogens is 1. The Labute approximate surface area is 119 Å². The van der Waals surface area contributed by atoms with Crippen LogP contribution in [0, 0.1) is 3.90 Å². The normalized spacial score (nSPS) is 12.0. The van der Waals surface area contributed by atoms with E-state index in [2.05, 4.69) is 4.98 Å². The third-order valence-corrected chi connectivity index (χ3v) is 4.73. The van der Waals surface area contributed by atoms with Crippen molar-refractivity contribution in [3.8, 4) is 11.3 Å². The summed E-state index contributed by atoms with van der Waals surface area (Å²) in [4.78, 5) is 4.43. The third kappa shape index (κ3) is 2.57. The zero-order chi connectivity index (χ0) is 13.3. The van der Waals surface area contributed by atoms with E-state index in [1.807, 2.05) is 22.6 Å². The molecule has 18 heavy (non-hydrogen) atoms. The average Bonchev–Trinajstić information content (AvgIpc) is 2.76. The van der Waals surface area contributed by atoms with E-state index in [-0.39, 0.29) is 4.90 Å². The molecule has 7 heteroatoms. The van der Waals surface area contributed by atoms with Gasteiger partial charge >= 0.3 is 0 Å². The largest absolute Gasteiger partial charge is 0.440 e. The minimum absolute atomic E-state index is 0.259. The highest BCUT2D eigenvalue weighted by Gasteiger charge is 2.17. The van der Waals surface area contributed by atoms with Crippen molar-refractivity contribution in [2.24, 2.45) is 0 Å². The van der Waals surface area contributed by atoms with Gasteiger partial charge in [0.2, 0.25) is 10.0 Å². The number of benzene rings is 1. The molecule has 2 aromatic rings. The maximum atomic E-state index is 11.9. The van der Waals surface area contributed by atoms with Crippen LogP contribution in [0.1, 0.15) is 0 Å². The Morgan fingerprint density at radius 1 is 1.22 bits per heavy atom. The number of oxazole rings is 1. The number of sulfonamides is 1. The molecule has 0 spiro atoms. The highest BCUT2D eigenvalue weighted by Crippen LogP contribution is 2.22. The standard InChI is InChI=1S/C11H11IN2O3S/c1-14(2)18(15,16)9-5-3-8(4-6-9)10-7-17-11(12)13-10/h3-7H,1-2H3. The fourth-order valence-corrected chi connectivity index (χ4v) is 2.68. The zero-order valence-electron chi connectivity index (χ0n) is 9.79. The summed E-state index contributed by atoms with van der Waals surface area (Å²) in [6.45, 7) is 0. The Kier molecular flexibility index (Phi) is 3.74. The van der Waals surface area contributed by atoms with Crippen LogP contribution in [0.15, 0.2) is 39.8 Å². The minimum atomic E-state index is -3.38. The van der Waals surface area contributed by atoms with Crippen LogP contribution in [0.4, 0.5) is 0 Å². The highest BCUT2D eigenvalue weighted by molar-refractivity contribution is 14.1. The smallest absolute Gasteiger partial charge is 0.257 e. The summed E-state index contributed by atoms with van der Waals surface area (Å²) in [5.74, 6) is 0. The molecular formula is C11H11IN2O3S. The molecule has 1 heterocycles. The van der Waals surface area contributed by atoms with Crippen molar-refractivity contribution in [3.63, 3.8) is 0 Å². The van der Waals surface area contributed by atoms with Crippen LogP contribution in [-0.2, 0) is 10.0 Å². The van der Waals surface area contributed by atoms with Gasteiger partial charge in [-0.05, 0) is 12.1 Å². The molecule has 0 unspecified atom stereocenters. The predicted octanol–water partition coefficient (Wildman–Crippen LogP) is 2.20. The fraction of sp³-hybridized carbons (Fsp3) is 0.182. The van der Waals surface area contributed by atoms with Crippen molar-refractivity contribution in [2.45, 2.75) is 4.90 Å². The average molecular weight is 378 g/mol. The first-order valence-corrected chi connectivity index (χ1v) is 7.57. The van der Waals surface area contributed by atoms with Crippen LogP contribution in [0.5, 0.6) is 0 Å². The maximum absolute atomic E-state index is 11.9. The van der Waals surface area contributed by atoms with Gasteiger partial charge in [0.25, 0.3) is 3.90 Å². The summed E-state index contributed by atoms with van der Waals surface area (Å²) in [5, 5.41) is 0. The predicted molar refractivity (Wildman–Crippen MR) is 75.5 cm³/mol. The molecule has 0 bridgehead atoms. The zero-order valence-corrected chi connectivity index (χ0v) is 12.8. The van der Waals surface area contributed by atoms with Gasteiger partial charge in [-0.15, -0.1) is 0 Å². The number of nitrogens with zero attached hydrogens (tertiary/aromatic N) is 2. The van der Waals surface area contributed by atoms with Gasteiger partial charge < -0.3 is 4.42 Å². The van der Waals surface area contributed by atoms with Crippen LogP contribution in [-0.4, -0.2) is 31.8 Å². The first-order valence-electron chi connectivity index (χ1n) is 5.05. The van der Waals surface area contributed by atoms with Crippen molar-refractivity contribution in [1.82, 2.24) is 9.29 Å². The van der Waals surface area contributed by atoms with Crippen molar-refractivity contribution in [3.05, 3.63) is 34.4 Å². The molecule has 0 aliphatic heterocycles. The van der Waals surface area contributed by atoms with Crippen LogP contribution in [0.25, 0.3) is 11.3 Å². The molecule has 0 radical (unpaired) electrons. The van der Waals surface area contributed by atoms with E-state index in [1.165, 1.54) is 24.7 Å². The number of hydrogen-bond donors (Lipinski definition) is 0. The number of rotatable bonds is 3. The molecule has 0 amide bonds. The van der Waals surface area contributed by atoms with E-state index in [0.717, 1.165) is 5.56 Å². The Morgan fingerprint density at radius 3 is 2.28 bits per heavy atom. The molecule has 0 atom stereocenters. The summed E-state index contributed by atoms with van der Waals surface area (Å²) >= 11 is 1.98. The lowest BCUT2D eigenvalue weighted by molar-refractivity contribution is 0.521. The lowest BCUT2D eigenvalue weighted by Gasteiger charge is -2.11. The number of aromatic nitrogens is 1. The molecule has 0 aliphatic rings.